The number of nitrogens with zero attached hydrogens (tertiary/aromatic N) is 3. The summed E-state index contributed by atoms with van der Waals surface area (Å²) in [6, 6.07) is 10.4. The maximum atomic E-state index is 6.57. The molecule has 4 nitrogen and oxygen atoms in total. The molecule has 1 aliphatic rings. The van der Waals surface area contributed by atoms with Crippen LogP contribution in [0.2, 0.25) is 0 Å². The molecule has 4 heteroatoms. The number of fused-ring (bicyclic) bond motifs is 1. The molecule has 0 saturated heterocycles. The minimum atomic E-state index is -0.0510. The van der Waals surface area contributed by atoms with Crippen molar-refractivity contribution in [2.75, 3.05) is 0 Å². The molecular formula is C22H26N4. The predicted molar refractivity (Wildman–Crippen MR) is 106 cm³/mol. The second kappa shape index (κ2) is 7.50. The van der Waals surface area contributed by atoms with Crippen LogP contribution in [0.25, 0.3) is 22.0 Å². The number of pyridine rings is 1. The standard InChI is InChI=1S/C22H26N4/c1-2-19-18-14-17(15-10-12-24-13-11-15)8-9-20(18)26-22(25-19)21(23)16-6-4-3-5-7-16/h8-14,16,21H,2-7,23H2,1H3. The van der Waals surface area contributed by atoms with Gasteiger partial charge in [-0.15, -0.1) is 0 Å². The summed E-state index contributed by atoms with van der Waals surface area (Å²) in [6.07, 6.45) is 10.8. The summed E-state index contributed by atoms with van der Waals surface area (Å²) in [5.41, 5.74) is 11.0. The van der Waals surface area contributed by atoms with Crippen LogP contribution in [-0.4, -0.2) is 15.0 Å². The van der Waals surface area contributed by atoms with Crippen LogP contribution in [0.4, 0.5) is 0 Å². The first kappa shape index (κ1) is 17.1. The van der Waals surface area contributed by atoms with Gasteiger partial charge < -0.3 is 5.73 Å². The Morgan fingerprint density at radius 3 is 2.50 bits per heavy atom. The molecule has 2 heterocycles. The van der Waals surface area contributed by atoms with Gasteiger partial charge >= 0.3 is 0 Å². The summed E-state index contributed by atoms with van der Waals surface area (Å²) >= 11 is 0. The molecule has 2 aromatic heterocycles. The van der Waals surface area contributed by atoms with E-state index in [1.807, 2.05) is 24.5 Å². The monoisotopic (exact) mass is 346 g/mol. The summed E-state index contributed by atoms with van der Waals surface area (Å²) in [5, 5.41) is 1.13. The second-order valence-electron chi connectivity index (χ2n) is 7.27. The molecule has 1 aliphatic carbocycles. The Morgan fingerprint density at radius 2 is 1.77 bits per heavy atom. The molecule has 0 amide bonds. The fraction of sp³-hybridized carbons (Fsp3) is 0.409. The quantitative estimate of drug-likeness (QED) is 0.734. The summed E-state index contributed by atoms with van der Waals surface area (Å²) in [5.74, 6) is 1.33. The Kier molecular flexibility index (Phi) is 4.93. The van der Waals surface area contributed by atoms with Crippen molar-refractivity contribution < 1.29 is 0 Å². The number of aromatic nitrogens is 3. The van der Waals surface area contributed by atoms with Gasteiger partial charge in [0.15, 0.2) is 0 Å². The van der Waals surface area contributed by atoms with Gasteiger partial charge in [-0.3, -0.25) is 4.98 Å². The Labute approximate surface area is 154 Å². The minimum absolute atomic E-state index is 0.0510. The molecule has 2 N–H and O–H groups in total. The first-order valence-electron chi connectivity index (χ1n) is 9.73. The van der Waals surface area contributed by atoms with E-state index in [2.05, 4.69) is 30.1 Å². The van der Waals surface area contributed by atoms with Crippen molar-refractivity contribution in [3.8, 4) is 11.1 Å². The summed E-state index contributed by atoms with van der Waals surface area (Å²) < 4.78 is 0. The van der Waals surface area contributed by atoms with E-state index >= 15 is 0 Å². The number of aryl methyl sites for hydroxylation is 1. The van der Waals surface area contributed by atoms with Gasteiger partial charge in [-0.05, 0) is 60.6 Å². The molecule has 26 heavy (non-hydrogen) atoms. The normalized spacial score (nSPS) is 16.7. The molecular weight excluding hydrogens is 320 g/mol. The number of hydrogen-bond donors (Lipinski definition) is 1. The zero-order valence-corrected chi connectivity index (χ0v) is 15.4. The van der Waals surface area contributed by atoms with Crippen LogP contribution in [0.3, 0.4) is 0 Å². The van der Waals surface area contributed by atoms with Crippen molar-refractivity contribution >= 4 is 10.9 Å². The first-order valence-corrected chi connectivity index (χ1v) is 9.73. The molecule has 0 radical (unpaired) electrons. The number of benzene rings is 1. The Bertz CT molecular complexity index is 885. The first-order chi connectivity index (χ1) is 12.8. The van der Waals surface area contributed by atoms with Gasteiger partial charge in [0.2, 0.25) is 0 Å². The smallest absolute Gasteiger partial charge is 0.146 e. The number of rotatable bonds is 4. The third-order valence-electron chi connectivity index (χ3n) is 5.60. The lowest BCUT2D eigenvalue weighted by molar-refractivity contribution is 0.301. The van der Waals surface area contributed by atoms with Crippen molar-refractivity contribution in [1.29, 1.82) is 0 Å². The van der Waals surface area contributed by atoms with Crippen LogP contribution < -0.4 is 5.73 Å². The highest BCUT2D eigenvalue weighted by Gasteiger charge is 2.24. The molecule has 1 aromatic carbocycles. The molecule has 1 saturated carbocycles. The van der Waals surface area contributed by atoms with Crippen molar-refractivity contribution in [3.05, 3.63) is 54.2 Å². The van der Waals surface area contributed by atoms with E-state index in [4.69, 9.17) is 15.7 Å². The maximum absolute atomic E-state index is 6.57. The molecule has 0 bridgehead atoms. The third-order valence-corrected chi connectivity index (χ3v) is 5.60. The van der Waals surface area contributed by atoms with E-state index in [1.54, 1.807) is 0 Å². The lowest BCUT2D eigenvalue weighted by Gasteiger charge is -2.26. The van der Waals surface area contributed by atoms with Gasteiger partial charge in [-0.25, -0.2) is 9.97 Å². The van der Waals surface area contributed by atoms with Crippen LogP contribution in [0.15, 0.2) is 42.7 Å². The summed E-state index contributed by atoms with van der Waals surface area (Å²) in [7, 11) is 0. The Morgan fingerprint density at radius 1 is 1.00 bits per heavy atom. The SMILES string of the molecule is CCc1nc(C(N)C2CCCCC2)nc2ccc(-c3ccncc3)cc12. The molecule has 3 aromatic rings. The Hall–Kier alpha value is -2.33. The van der Waals surface area contributed by atoms with E-state index in [9.17, 15) is 0 Å². The fourth-order valence-electron chi connectivity index (χ4n) is 4.06. The fourth-order valence-corrected chi connectivity index (χ4v) is 4.06. The van der Waals surface area contributed by atoms with Gasteiger partial charge in [-0.1, -0.05) is 32.3 Å². The maximum Gasteiger partial charge on any atom is 0.146 e. The lowest BCUT2D eigenvalue weighted by atomic mass is 9.84. The van der Waals surface area contributed by atoms with Crippen LogP contribution >= 0.6 is 0 Å². The number of nitrogens with two attached hydrogens (primary N) is 1. The highest BCUT2D eigenvalue weighted by Crippen LogP contribution is 2.33. The van der Waals surface area contributed by atoms with E-state index < -0.39 is 0 Å². The van der Waals surface area contributed by atoms with Crippen molar-refractivity contribution in [2.24, 2.45) is 11.7 Å². The molecule has 1 atom stereocenters. The lowest BCUT2D eigenvalue weighted by Crippen LogP contribution is -2.26. The molecule has 1 unspecified atom stereocenters. The third kappa shape index (κ3) is 3.34. The number of hydrogen-bond acceptors (Lipinski definition) is 4. The molecule has 134 valence electrons. The topological polar surface area (TPSA) is 64.7 Å². The van der Waals surface area contributed by atoms with Crippen molar-refractivity contribution in [1.82, 2.24) is 15.0 Å². The zero-order chi connectivity index (χ0) is 17.9. The molecule has 0 aliphatic heterocycles. The minimum Gasteiger partial charge on any atom is -0.321 e. The van der Waals surface area contributed by atoms with E-state index in [1.165, 1.54) is 37.7 Å². The van der Waals surface area contributed by atoms with Crippen LogP contribution in [-0.2, 0) is 6.42 Å². The van der Waals surface area contributed by atoms with Gasteiger partial charge in [-0.2, -0.15) is 0 Å². The average Bonchev–Trinajstić information content (AvgIpc) is 2.73. The van der Waals surface area contributed by atoms with Gasteiger partial charge in [0.1, 0.15) is 5.82 Å². The van der Waals surface area contributed by atoms with E-state index in [0.717, 1.165) is 34.4 Å². The highest BCUT2D eigenvalue weighted by molar-refractivity contribution is 5.86. The van der Waals surface area contributed by atoms with Gasteiger partial charge in [0, 0.05) is 17.8 Å². The second-order valence-corrected chi connectivity index (χ2v) is 7.27. The largest absolute Gasteiger partial charge is 0.321 e. The van der Waals surface area contributed by atoms with Gasteiger partial charge in [0.25, 0.3) is 0 Å². The van der Waals surface area contributed by atoms with Crippen LogP contribution in [0, 0.1) is 5.92 Å². The van der Waals surface area contributed by atoms with Crippen LogP contribution in [0.5, 0.6) is 0 Å². The molecule has 0 spiro atoms. The van der Waals surface area contributed by atoms with E-state index in [0.29, 0.717) is 5.92 Å². The van der Waals surface area contributed by atoms with Gasteiger partial charge in [0.05, 0.1) is 17.3 Å². The summed E-state index contributed by atoms with van der Waals surface area (Å²) in [6.45, 7) is 2.15. The molecule has 1 fully saturated rings. The predicted octanol–water partition coefficient (Wildman–Crippen LogP) is 4.83. The van der Waals surface area contributed by atoms with E-state index in [-0.39, 0.29) is 6.04 Å². The molecule has 4 rings (SSSR count). The summed E-state index contributed by atoms with van der Waals surface area (Å²) in [4.78, 5) is 13.8. The van der Waals surface area contributed by atoms with Crippen LogP contribution in [0.1, 0.15) is 56.6 Å². The Balaban J connectivity index is 1.74. The van der Waals surface area contributed by atoms with Crippen molar-refractivity contribution in [2.45, 2.75) is 51.5 Å². The average molecular weight is 346 g/mol. The zero-order valence-electron chi connectivity index (χ0n) is 15.4. The van der Waals surface area contributed by atoms with Crippen molar-refractivity contribution in [3.63, 3.8) is 0 Å². The highest BCUT2D eigenvalue weighted by atomic mass is 14.9.